The summed E-state index contributed by atoms with van der Waals surface area (Å²) in [7, 11) is 0. The van der Waals surface area contributed by atoms with Gasteiger partial charge in [-0.05, 0) is 37.8 Å². The smallest absolute Gasteiger partial charge is 0.338 e. The molecule has 0 radical (unpaired) electrons. The Labute approximate surface area is 210 Å². The van der Waals surface area contributed by atoms with E-state index in [1.165, 1.54) is 11.3 Å². The SMILES string of the molecule is CCOC(=O)C1=C(CN2CCN(C(=O)c3cccs3)CC2)N(CC)C(=O)NC1c1cccc(C)c1. The molecule has 2 aromatic rings. The molecule has 186 valence electrons. The van der Waals surface area contributed by atoms with Crippen molar-refractivity contribution in [3.8, 4) is 0 Å². The number of esters is 1. The number of hydrogen-bond acceptors (Lipinski definition) is 6. The van der Waals surface area contributed by atoms with Gasteiger partial charge in [0.15, 0.2) is 0 Å². The molecule has 8 nitrogen and oxygen atoms in total. The minimum absolute atomic E-state index is 0.0535. The van der Waals surface area contributed by atoms with Gasteiger partial charge in [-0.2, -0.15) is 0 Å². The highest BCUT2D eigenvalue weighted by Gasteiger charge is 2.38. The van der Waals surface area contributed by atoms with Crippen LogP contribution in [0.15, 0.2) is 53.0 Å². The molecule has 2 aliphatic rings. The average molecular weight is 497 g/mol. The minimum atomic E-state index is -0.582. The molecule has 1 aromatic carbocycles. The molecular weight excluding hydrogens is 464 g/mol. The normalized spacial score (nSPS) is 19.1. The number of carbonyl (C=O) groups is 3. The molecule has 0 spiro atoms. The fourth-order valence-corrected chi connectivity index (χ4v) is 5.33. The summed E-state index contributed by atoms with van der Waals surface area (Å²) in [5.41, 5.74) is 3.03. The lowest BCUT2D eigenvalue weighted by molar-refractivity contribution is -0.139. The number of urea groups is 1. The lowest BCUT2D eigenvalue weighted by atomic mass is 9.93. The second-order valence-corrected chi connectivity index (χ2v) is 9.62. The van der Waals surface area contributed by atoms with Gasteiger partial charge in [0, 0.05) is 45.0 Å². The van der Waals surface area contributed by atoms with Crippen molar-refractivity contribution >= 4 is 29.2 Å². The standard InChI is InChI=1S/C26H32N4O4S/c1-4-30-20(17-28-11-13-29(14-12-28)24(31)21-10-7-15-35-21)22(25(32)34-5-2)23(27-26(30)33)19-9-6-8-18(3)16-19/h6-10,15-16,23H,4-5,11-14,17H2,1-3H3,(H,27,33). The van der Waals surface area contributed by atoms with Gasteiger partial charge >= 0.3 is 12.0 Å². The van der Waals surface area contributed by atoms with Crippen molar-refractivity contribution in [1.29, 1.82) is 0 Å². The summed E-state index contributed by atoms with van der Waals surface area (Å²) in [6.45, 7) is 9.28. The molecule has 1 atom stereocenters. The van der Waals surface area contributed by atoms with E-state index in [9.17, 15) is 14.4 Å². The van der Waals surface area contributed by atoms with Gasteiger partial charge in [-0.1, -0.05) is 35.9 Å². The Balaban J connectivity index is 1.61. The van der Waals surface area contributed by atoms with Crippen LogP contribution in [0.1, 0.15) is 40.7 Å². The first-order valence-corrected chi connectivity index (χ1v) is 12.9. The summed E-state index contributed by atoms with van der Waals surface area (Å²) in [6.07, 6.45) is 0. The van der Waals surface area contributed by atoms with Crippen molar-refractivity contribution in [1.82, 2.24) is 20.0 Å². The van der Waals surface area contributed by atoms with Crippen molar-refractivity contribution in [2.24, 2.45) is 0 Å². The van der Waals surface area contributed by atoms with E-state index in [1.54, 1.807) is 11.8 Å². The number of piperazine rings is 1. The van der Waals surface area contributed by atoms with Crippen LogP contribution in [0.5, 0.6) is 0 Å². The van der Waals surface area contributed by atoms with Gasteiger partial charge in [0.05, 0.1) is 23.1 Å². The predicted octanol–water partition coefficient (Wildman–Crippen LogP) is 3.42. The van der Waals surface area contributed by atoms with E-state index >= 15 is 0 Å². The van der Waals surface area contributed by atoms with Crippen LogP contribution in [0.2, 0.25) is 0 Å². The molecule has 2 aliphatic heterocycles. The molecule has 1 unspecified atom stereocenters. The van der Waals surface area contributed by atoms with E-state index in [-0.39, 0.29) is 18.5 Å². The molecule has 35 heavy (non-hydrogen) atoms. The molecule has 0 saturated carbocycles. The van der Waals surface area contributed by atoms with Crippen LogP contribution in [0.25, 0.3) is 0 Å². The molecule has 1 aromatic heterocycles. The molecule has 0 bridgehead atoms. The van der Waals surface area contributed by atoms with E-state index in [0.717, 1.165) is 16.0 Å². The zero-order valence-corrected chi connectivity index (χ0v) is 21.3. The fourth-order valence-electron chi connectivity index (χ4n) is 4.63. The molecule has 9 heteroatoms. The van der Waals surface area contributed by atoms with Crippen LogP contribution < -0.4 is 5.32 Å². The topological polar surface area (TPSA) is 82.2 Å². The average Bonchev–Trinajstić information content (AvgIpc) is 3.39. The van der Waals surface area contributed by atoms with Gasteiger partial charge in [0.1, 0.15) is 0 Å². The number of thiophene rings is 1. The van der Waals surface area contributed by atoms with Crippen LogP contribution in [-0.4, -0.2) is 78.5 Å². The van der Waals surface area contributed by atoms with E-state index in [4.69, 9.17) is 4.74 Å². The maximum absolute atomic E-state index is 13.2. The molecule has 3 heterocycles. The largest absolute Gasteiger partial charge is 0.463 e. The predicted molar refractivity (Wildman–Crippen MR) is 135 cm³/mol. The number of carbonyl (C=O) groups excluding carboxylic acids is 3. The number of nitrogens with one attached hydrogen (secondary N) is 1. The molecular formula is C26H32N4O4S. The van der Waals surface area contributed by atoms with Gasteiger partial charge < -0.3 is 15.0 Å². The summed E-state index contributed by atoms with van der Waals surface area (Å²) in [6, 6.07) is 10.7. The molecule has 1 N–H and O–H groups in total. The van der Waals surface area contributed by atoms with Gasteiger partial charge in [0.25, 0.3) is 5.91 Å². The van der Waals surface area contributed by atoms with E-state index in [0.29, 0.717) is 50.5 Å². The summed E-state index contributed by atoms with van der Waals surface area (Å²) in [5, 5.41) is 4.92. The highest BCUT2D eigenvalue weighted by Crippen LogP contribution is 2.32. The third kappa shape index (κ3) is 5.41. The third-order valence-electron chi connectivity index (χ3n) is 6.39. The van der Waals surface area contributed by atoms with Crippen LogP contribution in [-0.2, 0) is 9.53 Å². The number of rotatable bonds is 7. The van der Waals surface area contributed by atoms with Crippen molar-refractivity contribution in [3.05, 3.63) is 69.1 Å². The van der Waals surface area contributed by atoms with Crippen molar-refractivity contribution in [3.63, 3.8) is 0 Å². The molecule has 1 saturated heterocycles. The molecule has 1 fully saturated rings. The number of benzene rings is 1. The first kappa shape index (κ1) is 24.9. The van der Waals surface area contributed by atoms with Crippen LogP contribution >= 0.6 is 11.3 Å². The third-order valence-corrected chi connectivity index (χ3v) is 7.25. The van der Waals surface area contributed by atoms with Crippen LogP contribution in [0.4, 0.5) is 4.79 Å². The summed E-state index contributed by atoms with van der Waals surface area (Å²) in [5.74, 6) is -0.364. The summed E-state index contributed by atoms with van der Waals surface area (Å²) in [4.78, 5) is 45.5. The number of hydrogen-bond donors (Lipinski definition) is 1. The van der Waals surface area contributed by atoms with Crippen molar-refractivity contribution in [2.75, 3.05) is 45.9 Å². The Hall–Kier alpha value is -3.17. The Kier molecular flexibility index (Phi) is 7.87. The number of ether oxygens (including phenoxy) is 1. The highest BCUT2D eigenvalue weighted by atomic mass is 32.1. The maximum atomic E-state index is 13.2. The maximum Gasteiger partial charge on any atom is 0.338 e. The quantitative estimate of drug-likeness (QED) is 0.594. The van der Waals surface area contributed by atoms with Gasteiger partial charge in [-0.3, -0.25) is 14.6 Å². The summed E-state index contributed by atoms with van der Waals surface area (Å²) >= 11 is 1.45. The first-order valence-electron chi connectivity index (χ1n) is 12.0. The summed E-state index contributed by atoms with van der Waals surface area (Å²) < 4.78 is 5.46. The Morgan fingerprint density at radius 3 is 2.51 bits per heavy atom. The number of likely N-dealkylation sites (N-methyl/N-ethyl adjacent to an activating group) is 1. The highest BCUT2D eigenvalue weighted by molar-refractivity contribution is 7.12. The number of amides is 3. The van der Waals surface area contributed by atoms with Crippen LogP contribution in [0.3, 0.4) is 0 Å². The molecule has 4 rings (SSSR count). The zero-order chi connectivity index (χ0) is 24.9. The minimum Gasteiger partial charge on any atom is -0.463 e. The van der Waals surface area contributed by atoms with Crippen molar-refractivity contribution < 1.29 is 19.1 Å². The van der Waals surface area contributed by atoms with Gasteiger partial charge in [0.2, 0.25) is 0 Å². The Morgan fingerprint density at radius 1 is 1.11 bits per heavy atom. The second-order valence-electron chi connectivity index (χ2n) is 8.67. The van der Waals surface area contributed by atoms with E-state index < -0.39 is 12.0 Å². The number of aryl methyl sites for hydroxylation is 1. The molecule has 3 amide bonds. The van der Waals surface area contributed by atoms with Gasteiger partial charge in [-0.15, -0.1) is 11.3 Å². The van der Waals surface area contributed by atoms with Gasteiger partial charge in [-0.25, -0.2) is 9.59 Å². The Bertz CT molecular complexity index is 1110. The lowest BCUT2D eigenvalue weighted by Gasteiger charge is -2.40. The molecule has 0 aliphatic carbocycles. The van der Waals surface area contributed by atoms with E-state index in [1.807, 2.05) is 60.5 Å². The lowest BCUT2D eigenvalue weighted by Crippen LogP contribution is -2.53. The second kappa shape index (κ2) is 11.0. The first-order chi connectivity index (χ1) is 16.9. The fraction of sp³-hybridized carbons (Fsp3) is 0.423. The zero-order valence-electron chi connectivity index (χ0n) is 20.5. The number of nitrogens with zero attached hydrogens (tertiary/aromatic N) is 3. The monoisotopic (exact) mass is 496 g/mol. The van der Waals surface area contributed by atoms with Crippen molar-refractivity contribution in [2.45, 2.75) is 26.8 Å². The van der Waals surface area contributed by atoms with Crippen LogP contribution in [0, 0.1) is 6.92 Å². The van der Waals surface area contributed by atoms with E-state index in [2.05, 4.69) is 10.2 Å². The Morgan fingerprint density at radius 2 is 1.89 bits per heavy atom.